The molecule has 2 heterocycles. The van der Waals surface area contributed by atoms with Gasteiger partial charge in [-0.2, -0.15) is 0 Å². The zero-order chi connectivity index (χ0) is 15.6. The van der Waals surface area contributed by atoms with Crippen LogP contribution in [0.1, 0.15) is 38.8 Å². The van der Waals surface area contributed by atoms with Crippen molar-refractivity contribution >= 4 is 39.7 Å². The standard InChI is InChI=1S/C13H15N3O3S2/c1-6-8(3)21-11(9(6)12(17)18)16-13(19)15-7(2)10-14-4-5-20-10/h4-5,7H,1-3H3,(H,17,18)(H2,15,16,19). The van der Waals surface area contributed by atoms with Crippen LogP contribution in [0.2, 0.25) is 0 Å². The zero-order valence-electron chi connectivity index (χ0n) is 11.8. The molecule has 0 saturated carbocycles. The molecular weight excluding hydrogens is 310 g/mol. The fraction of sp³-hybridized carbons (Fsp3) is 0.308. The minimum atomic E-state index is -1.04. The second-order valence-corrected chi connectivity index (χ2v) is 6.63. The molecule has 0 radical (unpaired) electrons. The third-order valence-corrected chi connectivity index (χ3v) is 5.08. The van der Waals surface area contributed by atoms with E-state index in [1.807, 2.05) is 19.2 Å². The number of nitrogens with one attached hydrogen (secondary N) is 2. The molecule has 0 saturated heterocycles. The Morgan fingerprint density at radius 3 is 2.67 bits per heavy atom. The monoisotopic (exact) mass is 325 g/mol. The Morgan fingerprint density at radius 2 is 2.10 bits per heavy atom. The van der Waals surface area contributed by atoms with Crippen LogP contribution in [0.15, 0.2) is 11.6 Å². The number of carboxylic acids is 1. The molecule has 1 unspecified atom stereocenters. The first-order valence-electron chi connectivity index (χ1n) is 6.20. The number of aryl methyl sites for hydroxylation is 1. The lowest BCUT2D eigenvalue weighted by molar-refractivity contribution is 0.0697. The molecule has 0 aliphatic carbocycles. The Morgan fingerprint density at radius 1 is 1.38 bits per heavy atom. The van der Waals surface area contributed by atoms with Gasteiger partial charge in [-0.3, -0.25) is 5.32 Å². The van der Waals surface area contributed by atoms with Gasteiger partial charge in [0.15, 0.2) is 0 Å². The van der Waals surface area contributed by atoms with Gasteiger partial charge in [0.25, 0.3) is 0 Å². The summed E-state index contributed by atoms with van der Waals surface area (Å²) >= 11 is 2.71. The molecule has 0 spiro atoms. The number of carboxylic acid groups (broad SMARTS) is 1. The highest BCUT2D eigenvalue weighted by Crippen LogP contribution is 2.32. The van der Waals surface area contributed by atoms with Gasteiger partial charge in [-0.25, -0.2) is 14.6 Å². The molecule has 1 atom stereocenters. The molecule has 3 N–H and O–H groups in total. The Kier molecular flexibility index (Phi) is 4.59. The van der Waals surface area contributed by atoms with Crippen molar-refractivity contribution in [3.8, 4) is 0 Å². The van der Waals surface area contributed by atoms with E-state index in [4.69, 9.17) is 0 Å². The van der Waals surface area contributed by atoms with Gasteiger partial charge in [-0.1, -0.05) is 0 Å². The molecule has 0 aliphatic rings. The smallest absolute Gasteiger partial charge is 0.338 e. The lowest BCUT2D eigenvalue weighted by Gasteiger charge is -2.12. The molecule has 2 aromatic heterocycles. The average Bonchev–Trinajstić information content (AvgIpc) is 2.99. The molecule has 0 aromatic carbocycles. The number of thiazole rings is 1. The minimum absolute atomic E-state index is 0.148. The quantitative estimate of drug-likeness (QED) is 0.803. The summed E-state index contributed by atoms with van der Waals surface area (Å²) in [6.45, 7) is 5.38. The molecule has 2 aromatic rings. The van der Waals surface area contributed by atoms with Crippen LogP contribution in [0.4, 0.5) is 9.80 Å². The molecular formula is C13H15N3O3S2. The number of urea groups is 1. The van der Waals surface area contributed by atoms with Crippen molar-refractivity contribution in [2.75, 3.05) is 5.32 Å². The SMILES string of the molecule is Cc1sc(NC(=O)NC(C)c2nccs2)c(C(=O)O)c1C. The topological polar surface area (TPSA) is 91.3 Å². The predicted octanol–water partition coefficient (Wildman–Crippen LogP) is 3.40. The third kappa shape index (κ3) is 3.40. The van der Waals surface area contributed by atoms with Crippen molar-refractivity contribution in [2.45, 2.75) is 26.8 Å². The number of carbonyl (C=O) groups excluding carboxylic acids is 1. The number of anilines is 1. The number of nitrogens with zero attached hydrogens (tertiary/aromatic N) is 1. The van der Waals surface area contributed by atoms with Crippen molar-refractivity contribution in [3.63, 3.8) is 0 Å². The van der Waals surface area contributed by atoms with Crippen LogP contribution in [0.3, 0.4) is 0 Å². The Hall–Kier alpha value is -1.93. The van der Waals surface area contributed by atoms with Crippen molar-refractivity contribution in [3.05, 3.63) is 32.6 Å². The highest BCUT2D eigenvalue weighted by molar-refractivity contribution is 7.16. The summed E-state index contributed by atoms with van der Waals surface area (Å²) in [4.78, 5) is 28.3. The number of aromatic carboxylic acids is 1. The van der Waals surface area contributed by atoms with E-state index in [9.17, 15) is 14.7 Å². The summed E-state index contributed by atoms with van der Waals surface area (Å²) in [6.07, 6.45) is 1.67. The largest absolute Gasteiger partial charge is 0.478 e. The van der Waals surface area contributed by atoms with E-state index < -0.39 is 12.0 Å². The molecule has 8 heteroatoms. The fourth-order valence-electron chi connectivity index (χ4n) is 1.82. The second kappa shape index (κ2) is 6.23. The normalized spacial score (nSPS) is 12.0. The van der Waals surface area contributed by atoms with Crippen LogP contribution in [0.25, 0.3) is 0 Å². The van der Waals surface area contributed by atoms with Crippen LogP contribution in [-0.4, -0.2) is 22.1 Å². The number of thiophene rings is 1. The number of hydrogen-bond acceptors (Lipinski definition) is 5. The Labute approximate surface area is 129 Å². The number of amides is 2. The van der Waals surface area contributed by atoms with Crippen LogP contribution in [0.5, 0.6) is 0 Å². The first-order valence-corrected chi connectivity index (χ1v) is 7.90. The first-order chi connectivity index (χ1) is 9.90. The van der Waals surface area contributed by atoms with Gasteiger partial charge in [0.2, 0.25) is 0 Å². The molecule has 2 amide bonds. The maximum absolute atomic E-state index is 12.0. The van der Waals surface area contributed by atoms with Crippen LogP contribution >= 0.6 is 22.7 Å². The van der Waals surface area contributed by atoms with Crippen LogP contribution in [-0.2, 0) is 0 Å². The van der Waals surface area contributed by atoms with Gasteiger partial charge in [0.1, 0.15) is 10.0 Å². The zero-order valence-corrected chi connectivity index (χ0v) is 13.4. The molecule has 0 fully saturated rings. The molecule has 21 heavy (non-hydrogen) atoms. The summed E-state index contributed by atoms with van der Waals surface area (Å²) in [5.41, 5.74) is 0.824. The maximum Gasteiger partial charge on any atom is 0.338 e. The van der Waals surface area contributed by atoms with Crippen molar-refractivity contribution < 1.29 is 14.7 Å². The van der Waals surface area contributed by atoms with Gasteiger partial charge in [0, 0.05) is 16.5 Å². The van der Waals surface area contributed by atoms with E-state index >= 15 is 0 Å². The molecule has 112 valence electrons. The highest BCUT2D eigenvalue weighted by atomic mass is 32.1. The van der Waals surface area contributed by atoms with Gasteiger partial charge < -0.3 is 10.4 Å². The Balaban J connectivity index is 2.10. The maximum atomic E-state index is 12.0. The van der Waals surface area contributed by atoms with Gasteiger partial charge in [0.05, 0.1) is 11.6 Å². The van der Waals surface area contributed by atoms with Gasteiger partial charge in [-0.05, 0) is 26.3 Å². The molecule has 2 rings (SSSR count). The predicted molar refractivity (Wildman–Crippen MR) is 83.4 cm³/mol. The summed E-state index contributed by atoms with van der Waals surface area (Å²) in [7, 11) is 0. The lowest BCUT2D eigenvalue weighted by Crippen LogP contribution is -2.31. The minimum Gasteiger partial charge on any atom is -0.478 e. The summed E-state index contributed by atoms with van der Waals surface area (Å²) in [5, 5.41) is 17.6. The lowest BCUT2D eigenvalue weighted by atomic mass is 10.1. The number of hydrogen-bond donors (Lipinski definition) is 3. The van der Waals surface area contributed by atoms with E-state index in [1.165, 1.54) is 22.7 Å². The van der Waals surface area contributed by atoms with Crippen molar-refractivity contribution in [1.82, 2.24) is 10.3 Å². The average molecular weight is 325 g/mol. The fourth-order valence-corrected chi connectivity index (χ4v) is 3.51. The van der Waals surface area contributed by atoms with Gasteiger partial charge >= 0.3 is 12.0 Å². The van der Waals surface area contributed by atoms with Crippen LogP contribution in [0, 0.1) is 13.8 Å². The number of aromatic nitrogens is 1. The van der Waals surface area contributed by atoms with E-state index in [0.717, 1.165) is 9.88 Å². The van der Waals surface area contributed by atoms with E-state index in [0.29, 0.717) is 10.6 Å². The van der Waals surface area contributed by atoms with Crippen molar-refractivity contribution in [2.24, 2.45) is 0 Å². The first kappa shape index (κ1) is 15.5. The summed E-state index contributed by atoms with van der Waals surface area (Å²) < 4.78 is 0. The molecule has 0 bridgehead atoms. The third-order valence-electron chi connectivity index (χ3n) is 3.00. The summed E-state index contributed by atoms with van der Waals surface area (Å²) in [5.74, 6) is -1.04. The number of rotatable bonds is 4. The van der Waals surface area contributed by atoms with E-state index in [-0.39, 0.29) is 11.6 Å². The van der Waals surface area contributed by atoms with E-state index in [2.05, 4.69) is 15.6 Å². The van der Waals surface area contributed by atoms with Crippen molar-refractivity contribution in [1.29, 1.82) is 0 Å². The number of carbonyl (C=O) groups is 2. The molecule has 0 aliphatic heterocycles. The highest BCUT2D eigenvalue weighted by Gasteiger charge is 2.21. The molecule has 6 nitrogen and oxygen atoms in total. The Bertz CT molecular complexity index is 665. The van der Waals surface area contributed by atoms with E-state index in [1.54, 1.807) is 13.1 Å². The second-order valence-electron chi connectivity index (χ2n) is 4.48. The summed E-state index contributed by atoms with van der Waals surface area (Å²) in [6, 6.07) is -0.679. The van der Waals surface area contributed by atoms with Crippen LogP contribution < -0.4 is 10.6 Å². The van der Waals surface area contributed by atoms with Gasteiger partial charge in [-0.15, -0.1) is 22.7 Å².